The number of amides is 2. The number of anilines is 1. The maximum absolute atomic E-state index is 12.2. The fourth-order valence-corrected chi connectivity index (χ4v) is 4.96. The highest BCUT2D eigenvalue weighted by Gasteiger charge is 2.12. The summed E-state index contributed by atoms with van der Waals surface area (Å²) in [5, 5.41) is 11.2. The van der Waals surface area contributed by atoms with E-state index in [1.165, 1.54) is 34.4 Å². The van der Waals surface area contributed by atoms with Crippen LogP contribution in [0.25, 0.3) is 10.9 Å². The monoisotopic (exact) mass is 442 g/mol. The Labute approximate surface area is 180 Å². The molecule has 4 rings (SSSR count). The Morgan fingerprint density at radius 1 is 1.10 bits per heavy atom. The van der Waals surface area contributed by atoms with Crippen LogP contribution in [0.5, 0.6) is 0 Å². The quantitative estimate of drug-likeness (QED) is 0.399. The Bertz CT molecular complexity index is 1100. The highest BCUT2D eigenvalue weighted by molar-refractivity contribution is 8.00. The predicted molar refractivity (Wildman–Crippen MR) is 120 cm³/mol. The lowest BCUT2D eigenvalue weighted by molar-refractivity contribution is -0.113. The number of benzene rings is 1. The molecule has 3 heterocycles. The van der Waals surface area contributed by atoms with E-state index in [1.807, 2.05) is 41.2 Å². The highest BCUT2D eigenvalue weighted by atomic mass is 32.2. The zero-order valence-corrected chi connectivity index (χ0v) is 17.8. The van der Waals surface area contributed by atoms with Gasteiger partial charge >= 0.3 is 0 Å². The topological polar surface area (TPSA) is 76.0 Å². The molecule has 0 unspecified atom stereocenters. The fourth-order valence-electron chi connectivity index (χ4n) is 2.88. The first-order chi connectivity index (χ1) is 14.2. The molecule has 0 atom stereocenters. The molecule has 0 fully saturated rings. The van der Waals surface area contributed by atoms with E-state index in [2.05, 4.69) is 32.3 Å². The van der Waals surface area contributed by atoms with Crippen molar-refractivity contribution < 1.29 is 9.59 Å². The summed E-state index contributed by atoms with van der Waals surface area (Å²) in [6.45, 7) is 1.19. The molecule has 4 aromatic rings. The standard InChI is InChI=1S/C20H18N4O2S3/c25-18(23-20-22-8-11-28-20)13-29-17-12-24(15-5-2-1-4-14(15)17)9-7-21-19(26)16-6-3-10-27-16/h1-6,8,10-12H,7,9,13H2,(H,21,26)(H,22,23,25). The van der Waals surface area contributed by atoms with Crippen LogP contribution in [0, 0.1) is 0 Å². The van der Waals surface area contributed by atoms with Crippen LogP contribution in [0.15, 0.2) is 64.4 Å². The minimum Gasteiger partial charge on any atom is -0.350 e. The third kappa shape index (κ3) is 4.87. The molecule has 6 nitrogen and oxygen atoms in total. The van der Waals surface area contributed by atoms with Crippen molar-refractivity contribution >= 4 is 62.3 Å². The number of hydrogen-bond acceptors (Lipinski definition) is 6. The lowest BCUT2D eigenvalue weighted by atomic mass is 10.2. The summed E-state index contributed by atoms with van der Waals surface area (Å²) in [5.74, 6) is 0.179. The molecule has 2 amide bonds. The maximum atomic E-state index is 12.2. The summed E-state index contributed by atoms with van der Waals surface area (Å²) in [6.07, 6.45) is 3.71. The molecule has 1 aromatic carbocycles. The van der Waals surface area contributed by atoms with Gasteiger partial charge in [0.1, 0.15) is 0 Å². The predicted octanol–water partition coefficient (Wildman–Crippen LogP) is 4.32. The molecular formula is C20H18N4O2S3. The Morgan fingerprint density at radius 2 is 2.00 bits per heavy atom. The number of aromatic nitrogens is 2. The molecule has 0 aliphatic heterocycles. The number of nitrogens with one attached hydrogen (secondary N) is 2. The molecule has 29 heavy (non-hydrogen) atoms. The van der Waals surface area contributed by atoms with E-state index in [-0.39, 0.29) is 11.8 Å². The van der Waals surface area contributed by atoms with Crippen LogP contribution in [0.4, 0.5) is 5.13 Å². The lowest BCUT2D eigenvalue weighted by Crippen LogP contribution is -2.26. The van der Waals surface area contributed by atoms with Crippen molar-refractivity contribution in [2.75, 3.05) is 17.6 Å². The maximum Gasteiger partial charge on any atom is 0.261 e. The van der Waals surface area contributed by atoms with Gasteiger partial charge in [0.2, 0.25) is 5.91 Å². The minimum atomic E-state index is -0.0787. The van der Waals surface area contributed by atoms with Gasteiger partial charge in [-0.05, 0) is 17.5 Å². The highest BCUT2D eigenvalue weighted by Crippen LogP contribution is 2.30. The molecule has 0 bridgehead atoms. The number of nitrogens with zero attached hydrogens (tertiary/aromatic N) is 2. The van der Waals surface area contributed by atoms with Gasteiger partial charge in [0.05, 0.1) is 10.6 Å². The summed E-state index contributed by atoms with van der Waals surface area (Å²) in [7, 11) is 0. The van der Waals surface area contributed by atoms with Gasteiger partial charge in [0, 0.05) is 46.7 Å². The fraction of sp³-hybridized carbons (Fsp3) is 0.150. The van der Waals surface area contributed by atoms with E-state index >= 15 is 0 Å². The molecule has 9 heteroatoms. The number of para-hydroxylation sites is 1. The molecule has 148 valence electrons. The van der Waals surface area contributed by atoms with E-state index < -0.39 is 0 Å². The van der Waals surface area contributed by atoms with Gasteiger partial charge in [-0.1, -0.05) is 24.3 Å². The van der Waals surface area contributed by atoms with Crippen molar-refractivity contribution in [3.8, 4) is 0 Å². The van der Waals surface area contributed by atoms with Crippen LogP contribution in [-0.4, -0.2) is 33.7 Å². The number of thiophene rings is 1. The number of hydrogen-bond donors (Lipinski definition) is 2. The van der Waals surface area contributed by atoms with E-state index in [4.69, 9.17) is 0 Å². The molecule has 0 aliphatic rings. The summed E-state index contributed by atoms with van der Waals surface area (Å²) in [6, 6.07) is 11.8. The molecular weight excluding hydrogens is 424 g/mol. The number of rotatable bonds is 8. The lowest BCUT2D eigenvalue weighted by Gasteiger charge is -2.06. The molecule has 0 saturated heterocycles. The second kappa shape index (κ2) is 9.25. The summed E-state index contributed by atoms with van der Waals surface area (Å²) in [4.78, 5) is 30.1. The minimum absolute atomic E-state index is 0.0510. The third-order valence-electron chi connectivity index (χ3n) is 4.17. The molecule has 0 spiro atoms. The third-order valence-corrected chi connectivity index (χ3v) is 6.77. The number of thiazole rings is 1. The van der Waals surface area contributed by atoms with Gasteiger partial charge in [-0.25, -0.2) is 4.98 Å². The SMILES string of the molecule is O=C(CSc1cn(CCNC(=O)c2cccs2)c2ccccc12)Nc1nccs1. The van der Waals surface area contributed by atoms with Crippen LogP contribution < -0.4 is 10.6 Å². The van der Waals surface area contributed by atoms with E-state index in [9.17, 15) is 9.59 Å². The smallest absolute Gasteiger partial charge is 0.261 e. The molecule has 2 N–H and O–H groups in total. The summed E-state index contributed by atoms with van der Waals surface area (Å²) in [5.41, 5.74) is 1.08. The Hall–Kier alpha value is -2.62. The average molecular weight is 443 g/mol. The zero-order chi connectivity index (χ0) is 20.1. The van der Waals surface area contributed by atoms with Crippen LogP contribution in [0.2, 0.25) is 0 Å². The van der Waals surface area contributed by atoms with E-state index in [1.54, 1.807) is 6.20 Å². The Balaban J connectivity index is 1.39. The van der Waals surface area contributed by atoms with Crippen LogP contribution in [0.1, 0.15) is 9.67 Å². The second-order valence-corrected chi connectivity index (χ2v) is 8.97. The molecule has 3 aromatic heterocycles. The normalized spacial score (nSPS) is 10.9. The first kappa shape index (κ1) is 19.7. The number of carbonyl (C=O) groups is 2. The van der Waals surface area contributed by atoms with Crippen molar-refractivity contribution in [1.29, 1.82) is 0 Å². The largest absolute Gasteiger partial charge is 0.350 e. The Kier molecular flexibility index (Phi) is 6.28. The van der Waals surface area contributed by atoms with Gasteiger partial charge in [0.25, 0.3) is 5.91 Å². The van der Waals surface area contributed by atoms with Gasteiger partial charge in [-0.15, -0.1) is 34.4 Å². The van der Waals surface area contributed by atoms with E-state index in [0.717, 1.165) is 15.8 Å². The zero-order valence-electron chi connectivity index (χ0n) is 15.3. The van der Waals surface area contributed by atoms with Crippen molar-refractivity contribution in [2.24, 2.45) is 0 Å². The van der Waals surface area contributed by atoms with Crippen molar-refractivity contribution in [3.63, 3.8) is 0 Å². The second-order valence-electron chi connectivity index (χ2n) is 6.11. The van der Waals surface area contributed by atoms with Crippen molar-refractivity contribution in [1.82, 2.24) is 14.9 Å². The molecule has 0 aliphatic carbocycles. The van der Waals surface area contributed by atoms with Crippen molar-refractivity contribution in [3.05, 3.63) is 64.4 Å². The van der Waals surface area contributed by atoms with Crippen LogP contribution in [0.3, 0.4) is 0 Å². The number of carbonyl (C=O) groups excluding carboxylic acids is 2. The van der Waals surface area contributed by atoms with Gasteiger partial charge < -0.3 is 15.2 Å². The summed E-state index contributed by atoms with van der Waals surface area (Å²) >= 11 is 4.33. The van der Waals surface area contributed by atoms with Crippen molar-refractivity contribution in [2.45, 2.75) is 11.4 Å². The first-order valence-electron chi connectivity index (χ1n) is 8.92. The van der Waals surface area contributed by atoms with Gasteiger partial charge in [-0.2, -0.15) is 0 Å². The number of thioether (sulfide) groups is 1. The van der Waals surface area contributed by atoms with Gasteiger partial charge in [0.15, 0.2) is 5.13 Å². The van der Waals surface area contributed by atoms with Crippen LogP contribution in [-0.2, 0) is 11.3 Å². The van der Waals surface area contributed by atoms with E-state index in [0.29, 0.717) is 28.9 Å². The Morgan fingerprint density at radius 3 is 2.79 bits per heavy atom. The summed E-state index contributed by atoms with van der Waals surface area (Å²) < 4.78 is 2.12. The molecule has 0 radical (unpaired) electrons. The van der Waals surface area contributed by atoms with Gasteiger partial charge in [-0.3, -0.25) is 9.59 Å². The first-order valence-corrected chi connectivity index (χ1v) is 11.7. The number of fused-ring (bicyclic) bond motifs is 1. The molecule has 0 saturated carbocycles. The van der Waals surface area contributed by atoms with Crippen LogP contribution >= 0.6 is 34.4 Å². The average Bonchev–Trinajstić information content (AvgIpc) is 3.48.